The van der Waals surface area contributed by atoms with Crippen LogP contribution >= 0.6 is 0 Å². The molecule has 3 aromatic rings. The van der Waals surface area contributed by atoms with E-state index in [0.29, 0.717) is 18.0 Å². The van der Waals surface area contributed by atoms with Crippen molar-refractivity contribution < 1.29 is 18.7 Å². The third-order valence-corrected chi connectivity index (χ3v) is 4.03. The molecule has 4 N–H and O–H groups in total. The molecule has 172 valence electrons. The van der Waals surface area contributed by atoms with E-state index in [4.69, 9.17) is 14.9 Å². The molecular weight excluding hydrogens is 414 g/mol. The maximum atomic E-state index is 12.5. The summed E-state index contributed by atoms with van der Waals surface area (Å²) in [6, 6.07) is 3.48. The number of anilines is 2. The molecule has 3 rings (SSSR count). The summed E-state index contributed by atoms with van der Waals surface area (Å²) in [7, 11) is 3.24. The Morgan fingerprint density at radius 2 is 2.03 bits per heavy atom. The summed E-state index contributed by atoms with van der Waals surface area (Å²) in [6.07, 6.45) is 4.31. The largest absolute Gasteiger partial charge is 0.444 e. The summed E-state index contributed by atoms with van der Waals surface area (Å²) >= 11 is 0. The summed E-state index contributed by atoms with van der Waals surface area (Å²) in [5.41, 5.74) is 5.77. The first-order valence-electron chi connectivity index (χ1n) is 10.0. The van der Waals surface area contributed by atoms with Gasteiger partial charge < -0.3 is 25.5 Å². The quantitative estimate of drug-likeness (QED) is 0.481. The van der Waals surface area contributed by atoms with Crippen LogP contribution in [0.15, 0.2) is 35.2 Å². The number of amides is 2. The van der Waals surface area contributed by atoms with Crippen molar-refractivity contribution in [3.63, 3.8) is 0 Å². The second-order valence-electron chi connectivity index (χ2n) is 7.29. The van der Waals surface area contributed by atoms with Crippen molar-refractivity contribution in [1.82, 2.24) is 19.7 Å². The molecule has 0 fully saturated rings. The van der Waals surface area contributed by atoms with E-state index in [-0.39, 0.29) is 28.5 Å². The monoisotopic (exact) mass is 443 g/mol. The first-order valence-corrected chi connectivity index (χ1v) is 10.0. The Labute approximate surface area is 186 Å². The van der Waals surface area contributed by atoms with Crippen LogP contribution in [-0.2, 0) is 11.8 Å². The molecule has 0 aromatic carbocycles. The van der Waals surface area contributed by atoms with Gasteiger partial charge in [-0.3, -0.25) is 14.3 Å². The summed E-state index contributed by atoms with van der Waals surface area (Å²) in [5.74, 6) is -0.453. The normalized spacial score (nSPS) is 10.8. The topological polar surface area (TPSA) is 150 Å². The average Bonchev–Trinajstić information content (AvgIpc) is 3.36. The minimum Gasteiger partial charge on any atom is -0.444 e. The van der Waals surface area contributed by atoms with Crippen LogP contribution < -0.4 is 16.4 Å². The lowest BCUT2D eigenvalue weighted by Gasteiger charge is -2.25. The van der Waals surface area contributed by atoms with E-state index in [1.807, 2.05) is 27.7 Å². The lowest BCUT2D eigenvalue weighted by atomic mass is 10.1. The van der Waals surface area contributed by atoms with Crippen molar-refractivity contribution in [2.24, 2.45) is 12.8 Å². The molecule has 3 aromatic heterocycles. The Balaban J connectivity index is 0.00000176. The van der Waals surface area contributed by atoms with Gasteiger partial charge in [0, 0.05) is 32.1 Å². The molecule has 0 saturated carbocycles. The summed E-state index contributed by atoms with van der Waals surface area (Å²) in [4.78, 5) is 32.5. The molecule has 3 heterocycles. The van der Waals surface area contributed by atoms with Gasteiger partial charge in [0.25, 0.3) is 11.8 Å². The van der Waals surface area contributed by atoms with Crippen molar-refractivity contribution in [1.29, 1.82) is 0 Å². The molecule has 11 heteroatoms. The lowest BCUT2D eigenvalue weighted by Crippen LogP contribution is -2.36. The summed E-state index contributed by atoms with van der Waals surface area (Å²) in [6.45, 7) is 8.46. The standard InChI is InChI=1S/C19H23N7O4.C2H6/c1-19(2,10-29-4)24-14-7-11(5-6-21-14)18-23-13(9-30-18)17(28)22-12-8-26(3)25-15(12)16(20)27;1-2/h5-9H,10H2,1-4H3,(H2,20,27)(H,21,24)(H,22,28);1-2H3. The zero-order valence-corrected chi connectivity index (χ0v) is 19.1. The number of carbonyl (C=O) groups excluding carboxylic acids is 2. The molecule has 0 spiro atoms. The van der Waals surface area contributed by atoms with Gasteiger partial charge in [0.15, 0.2) is 11.4 Å². The molecule has 0 aliphatic carbocycles. The number of pyridine rings is 1. The number of ether oxygens (including phenoxy) is 1. The number of methoxy groups -OCH3 is 1. The van der Waals surface area contributed by atoms with Crippen molar-refractivity contribution in [3.8, 4) is 11.5 Å². The van der Waals surface area contributed by atoms with Crippen LogP contribution in [0.4, 0.5) is 11.5 Å². The molecule has 0 aliphatic heterocycles. The molecule has 0 radical (unpaired) electrons. The second kappa shape index (κ2) is 10.5. The third kappa shape index (κ3) is 6.14. The minimum atomic E-state index is -0.750. The van der Waals surface area contributed by atoms with E-state index in [2.05, 4.69) is 25.7 Å². The predicted molar refractivity (Wildman–Crippen MR) is 120 cm³/mol. The average molecular weight is 444 g/mol. The van der Waals surface area contributed by atoms with Gasteiger partial charge in [-0.1, -0.05) is 13.8 Å². The third-order valence-electron chi connectivity index (χ3n) is 4.03. The number of hydrogen-bond donors (Lipinski definition) is 3. The van der Waals surface area contributed by atoms with Crippen molar-refractivity contribution >= 4 is 23.3 Å². The number of nitrogens with one attached hydrogen (secondary N) is 2. The number of aryl methyl sites for hydroxylation is 1. The molecule has 0 bridgehead atoms. The molecule has 0 aliphatic rings. The number of nitrogens with two attached hydrogens (primary N) is 1. The van der Waals surface area contributed by atoms with Crippen LogP contribution in [0.25, 0.3) is 11.5 Å². The number of oxazole rings is 1. The predicted octanol–water partition coefficient (Wildman–Crippen LogP) is 2.68. The Hall–Kier alpha value is -3.73. The first kappa shape index (κ1) is 24.5. The number of primary amides is 1. The Bertz CT molecular complexity index is 1070. The Kier molecular flexibility index (Phi) is 8.08. The van der Waals surface area contributed by atoms with Crippen LogP contribution in [0.1, 0.15) is 48.7 Å². The zero-order valence-electron chi connectivity index (χ0n) is 19.1. The van der Waals surface area contributed by atoms with Crippen LogP contribution in [-0.4, -0.2) is 50.8 Å². The van der Waals surface area contributed by atoms with Gasteiger partial charge in [-0.2, -0.15) is 5.10 Å². The fourth-order valence-corrected chi connectivity index (χ4v) is 2.83. The fourth-order valence-electron chi connectivity index (χ4n) is 2.83. The molecule has 11 nitrogen and oxygen atoms in total. The van der Waals surface area contributed by atoms with E-state index in [1.165, 1.54) is 17.1 Å². The van der Waals surface area contributed by atoms with Gasteiger partial charge in [-0.15, -0.1) is 0 Å². The fraction of sp³-hybridized carbons (Fsp3) is 0.381. The molecule has 0 saturated heterocycles. The van der Waals surface area contributed by atoms with Crippen LogP contribution in [0.5, 0.6) is 0 Å². The van der Waals surface area contributed by atoms with Crippen LogP contribution in [0.3, 0.4) is 0 Å². The molecule has 32 heavy (non-hydrogen) atoms. The van der Waals surface area contributed by atoms with Crippen LogP contribution in [0, 0.1) is 0 Å². The highest BCUT2D eigenvalue weighted by molar-refractivity contribution is 6.07. The van der Waals surface area contributed by atoms with E-state index >= 15 is 0 Å². The van der Waals surface area contributed by atoms with Crippen molar-refractivity contribution in [2.75, 3.05) is 24.4 Å². The van der Waals surface area contributed by atoms with E-state index in [0.717, 1.165) is 0 Å². The van der Waals surface area contributed by atoms with Gasteiger partial charge in [0.2, 0.25) is 5.89 Å². The Morgan fingerprint density at radius 1 is 1.31 bits per heavy atom. The molecular formula is C21H29N7O4. The number of rotatable bonds is 8. The van der Waals surface area contributed by atoms with Gasteiger partial charge in [-0.25, -0.2) is 9.97 Å². The number of carbonyl (C=O) groups is 2. The number of aromatic nitrogens is 4. The smallest absolute Gasteiger partial charge is 0.277 e. The van der Waals surface area contributed by atoms with Gasteiger partial charge >= 0.3 is 0 Å². The number of nitrogens with zero attached hydrogens (tertiary/aromatic N) is 4. The van der Waals surface area contributed by atoms with Gasteiger partial charge in [-0.05, 0) is 26.0 Å². The highest BCUT2D eigenvalue weighted by Crippen LogP contribution is 2.23. The van der Waals surface area contributed by atoms with Crippen molar-refractivity contribution in [3.05, 3.63) is 42.2 Å². The van der Waals surface area contributed by atoms with Crippen LogP contribution in [0.2, 0.25) is 0 Å². The highest BCUT2D eigenvalue weighted by Gasteiger charge is 2.20. The van der Waals surface area contributed by atoms with Gasteiger partial charge in [0.05, 0.1) is 17.8 Å². The van der Waals surface area contributed by atoms with E-state index in [1.54, 1.807) is 32.5 Å². The SMILES string of the molecule is CC.COCC(C)(C)Nc1cc(-c2nc(C(=O)Nc3cn(C)nc3C(N)=O)co2)ccn1. The maximum absolute atomic E-state index is 12.5. The highest BCUT2D eigenvalue weighted by atomic mass is 16.5. The van der Waals surface area contributed by atoms with E-state index < -0.39 is 11.8 Å². The number of hydrogen-bond acceptors (Lipinski definition) is 8. The molecule has 0 atom stereocenters. The lowest BCUT2D eigenvalue weighted by molar-refractivity contribution is 0.0995. The van der Waals surface area contributed by atoms with Gasteiger partial charge in [0.1, 0.15) is 12.1 Å². The molecule has 2 amide bonds. The maximum Gasteiger partial charge on any atom is 0.277 e. The zero-order chi connectivity index (χ0) is 23.9. The first-order chi connectivity index (χ1) is 15.2. The summed E-state index contributed by atoms with van der Waals surface area (Å²) < 4.78 is 12.0. The van der Waals surface area contributed by atoms with E-state index in [9.17, 15) is 9.59 Å². The summed E-state index contributed by atoms with van der Waals surface area (Å²) in [5, 5.41) is 9.76. The van der Waals surface area contributed by atoms with Crippen molar-refractivity contribution in [2.45, 2.75) is 33.2 Å². The Morgan fingerprint density at radius 3 is 2.69 bits per heavy atom. The molecule has 0 unspecified atom stereocenters. The second-order valence-corrected chi connectivity index (χ2v) is 7.29. The minimum absolute atomic E-state index is 0.0373.